The van der Waals surface area contributed by atoms with Gasteiger partial charge in [-0.15, -0.1) is 0 Å². The number of rotatable bonds is 19. The number of alkyl carbamates (subject to hydrolysis) is 2. The molecule has 0 aliphatic carbocycles. The zero-order valence-corrected chi connectivity index (χ0v) is 43.8. The largest absolute Gasteiger partial charge is 0.453 e. The summed E-state index contributed by atoms with van der Waals surface area (Å²) in [5, 5.41) is 22.1. The third kappa shape index (κ3) is 13.6. The number of hydrogen-bond acceptors (Lipinski definition) is 14. The Hall–Kier alpha value is -7.29. The van der Waals surface area contributed by atoms with Crippen molar-refractivity contribution >= 4 is 29.9 Å². The number of aliphatic hydroxyl groups excluding tert-OH is 1. The molecule has 19 nitrogen and oxygen atoms in total. The Morgan fingerprint density at radius 2 is 1.44 bits per heavy atom. The number of methoxy groups -OCH3 is 1. The number of anilines is 1. The molecular weight excluding hydrogens is 1080 g/mol. The molecule has 4 fully saturated rings. The molecule has 4 amide bonds. The molecule has 4 aliphatic rings. The van der Waals surface area contributed by atoms with E-state index in [-0.39, 0.29) is 21.5 Å². The van der Waals surface area contributed by atoms with Crippen LogP contribution in [0.3, 0.4) is 0 Å². The molecule has 2 bridgehead atoms. The standard InChI is InChI=1S/C51H57F10N11O8/c1-48(2,50(56,57)58)40(66-47(77)78-6)42(74)65-38(15-28-10-7-27(8-11-28)9-12-29-19-63-45(64-20-29)69-21-31-18-32(22-69)72(31)33-25-79-26-33)39(73)24-70(68-43(75)41(80-46(76)62-5)49(3,4)51(59,60)61)23-34-35(52)16-30(17-36(34)53)37-13-14-71(67-37)44(54)55/h7-8,10-11,13-14,16-17,19-20,31-33,38-41,44,73H,15,18,21-26H2,1-6H3,(H,62,76)(H,65,74)(H,66,77)(H,68,75)/t31-,32-,38-,39-,40+,41+/m0/s1. The summed E-state index contributed by atoms with van der Waals surface area (Å²) in [4.78, 5) is 66.4. The van der Waals surface area contributed by atoms with Crippen molar-refractivity contribution in [1.29, 1.82) is 0 Å². The highest BCUT2D eigenvalue weighted by Crippen LogP contribution is 2.43. The lowest BCUT2D eigenvalue weighted by Crippen LogP contribution is -2.74. The normalized spacial score (nSPS) is 18.4. The second-order valence-electron chi connectivity index (χ2n) is 20.5. The van der Waals surface area contributed by atoms with Crippen LogP contribution < -0.4 is 26.3 Å². The van der Waals surface area contributed by atoms with E-state index in [9.17, 15) is 59.4 Å². The summed E-state index contributed by atoms with van der Waals surface area (Å²) in [6.45, 7) is -0.244. The first kappa shape index (κ1) is 60.4. The number of nitrogens with zero attached hydrogens (tertiary/aromatic N) is 7. The summed E-state index contributed by atoms with van der Waals surface area (Å²) < 4.78 is 161. The Morgan fingerprint density at radius 3 is 1.96 bits per heavy atom. The van der Waals surface area contributed by atoms with Crippen LogP contribution in [0.5, 0.6) is 0 Å². The number of amides is 4. The summed E-state index contributed by atoms with van der Waals surface area (Å²) in [6, 6.07) is 5.27. The maximum atomic E-state index is 16.0. The lowest BCUT2D eigenvalue weighted by Gasteiger charge is -2.60. The van der Waals surface area contributed by atoms with Gasteiger partial charge in [0, 0.05) is 80.6 Å². The lowest BCUT2D eigenvalue weighted by molar-refractivity contribution is -0.239. The van der Waals surface area contributed by atoms with Gasteiger partial charge in [-0.2, -0.15) is 40.2 Å². The molecule has 0 saturated carbocycles. The van der Waals surface area contributed by atoms with Crippen LogP contribution in [0, 0.1) is 34.3 Å². The van der Waals surface area contributed by atoms with Gasteiger partial charge in [-0.05, 0) is 76.4 Å². The second kappa shape index (κ2) is 24.2. The highest BCUT2D eigenvalue weighted by Gasteiger charge is 2.58. The number of aromatic nitrogens is 4. The zero-order valence-electron chi connectivity index (χ0n) is 43.8. The molecule has 6 atom stereocenters. The van der Waals surface area contributed by atoms with Crippen LogP contribution in [-0.4, -0.2) is 161 Å². The van der Waals surface area contributed by atoms with Gasteiger partial charge in [0.05, 0.1) is 55.2 Å². The SMILES string of the molecule is CNC(=O)O[C@H](C(=O)NN(Cc1c(F)cc(-c2ccn(C(F)F)n2)cc1F)C[C@H](O)[C@H](Cc1ccc(C#Cc2cnc(N3C[C@@H]4C[C@@H](C3)N4C3COC3)nc2)cc1)NC(=O)[C@@H](NC(=O)OC)C(C)(C)C(F)(F)F)C(C)(C)C(F)(F)F. The van der Waals surface area contributed by atoms with Crippen molar-refractivity contribution in [2.45, 2.75) is 108 Å². The van der Waals surface area contributed by atoms with Crippen LogP contribution in [0.4, 0.5) is 59.4 Å². The van der Waals surface area contributed by atoms with E-state index in [1.54, 1.807) is 12.4 Å². The lowest BCUT2D eigenvalue weighted by atomic mass is 9.82. The Morgan fingerprint density at radius 1 is 0.838 bits per heavy atom. The number of benzene rings is 2. The Balaban J connectivity index is 1.18. The number of halogens is 10. The van der Waals surface area contributed by atoms with Crippen LogP contribution in [0.15, 0.2) is 61.1 Å². The number of ether oxygens (including phenoxy) is 3. The number of nitrogens with one attached hydrogen (secondary N) is 4. The molecule has 0 unspecified atom stereocenters. The second-order valence-corrected chi connectivity index (χ2v) is 20.5. The Labute approximate surface area is 451 Å². The van der Waals surface area contributed by atoms with E-state index in [0.717, 1.165) is 59.1 Å². The minimum atomic E-state index is -5.27. The average molecular weight is 1140 g/mol. The minimum absolute atomic E-state index is 0.195. The first-order valence-corrected chi connectivity index (χ1v) is 24.8. The molecule has 8 rings (SSSR count). The van der Waals surface area contributed by atoms with Gasteiger partial charge in [-0.25, -0.2) is 38.0 Å². The number of hydrogen-bond donors (Lipinski definition) is 5. The fourth-order valence-corrected chi connectivity index (χ4v) is 9.18. The Kier molecular flexibility index (Phi) is 18.3. The predicted molar refractivity (Wildman–Crippen MR) is 263 cm³/mol. The summed E-state index contributed by atoms with van der Waals surface area (Å²) in [6.07, 6.45) is -13.8. The fraction of sp³-hybridized carbons (Fsp3) is 0.510. The van der Waals surface area contributed by atoms with Gasteiger partial charge in [-0.3, -0.25) is 19.9 Å². The quantitative estimate of drug-likeness (QED) is 0.0438. The molecule has 5 N–H and O–H groups in total. The molecular formula is C51H57F10N11O8. The van der Waals surface area contributed by atoms with E-state index >= 15 is 8.78 Å². The van der Waals surface area contributed by atoms with Crippen LogP contribution in [0.2, 0.25) is 0 Å². The van der Waals surface area contributed by atoms with Crippen LogP contribution in [0.1, 0.15) is 62.9 Å². The number of hydrazine groups is 1. The first-order valence-electron chi connectivity index (χ1n) is 24.8. The number of alkyl halides is 8. The summed E-state index contributed by atoms with van der Waals surface area (Å²) >= 11 is 0. The van der Waals surface area contributed by atoms with Crippen molar-refractivity contribution in [2.24, 2.45) is 10.8 Å². The molecule has 6 heterocycles. The molecule has 4 saturated heterocycles. The van der Waals surface area contributed by atoms with Crippen LogP contribution in [0.25, 0.3) is 11.3 Å². The van der Waals surface area contributed by atoms with E-state index < -0.39 is 115 Å². The van der Waals surface area contributed by atoms with E-state index in [4.69, 9.17) is 9.47 Å². The van der Waals surface area contributed by atoms with Gasteiger partial charge in [0.2, 0.25) is 11.9 Å². The van der Waals surface area contributed by atoms with Gasteiger partial charge in [-0.1, -0.05) is 24.0 Å². The maximum Gasteiger partial charge on any atom is 0.407 e. The molecule has 4 aliphatic heterocycles. The van der Waals surface area contributed by atoms with Crippen LogP contribution >= 0.6 is 0 Å². The number of aliphatic hydroxyl groups is 1. The average Bonchev–Trinajstić information content (AvgIpc) is 3.89. The third-order valence-corrected chi connectivity index (χ3v) is 14.3. The summed E-state index contributed by atoms with van der Waals surface area (Å²) in [5.41, 5.74) is -4.72. The number of carbonyl (C=O) groups excluding carboxylic acids is 4. The minimum Gasteiger partial charge on any atom is -0.453 e. The fourth-order valence-electron chi connectivity index (χ4n) is 9.18. The molecule has 2 aromatic carbocycles. The van der Waals surface area contributed by atoms with Crippen LogP contribution in [-0.2, 0) is 36.8 Å². The maximum absolute atomic E-state index is 16.0. The highest BCUT2D eigenvalue weighted by atomic mass is 19.4. The zero-order chi connectivity index (χ0) is 58.6. The van der Waals surface area contributed by atoms with Crippen molar-refractivity contribution in [1.82, 2.24) is 51.0 Å². The van der Waals surface area contributed by atoms with E-state index in [1.165, 1.54) is 24.3 Å². The highest BCUT2D eigenvalue weighted by molar-refractivity contribution is 5.87. The van der Waals surface area contributed by atoms with Gasteiger partial charge in [0.25, 0.3) is 5.91 Å². The summed E-state index contributed by atoms with van der Waals surface area (Å²) in [7, 11) is 1.78. The summed E-state index contributed by atoms with van der Waals surface area (Å²) in [5.74, 6) is 0.297. The number of carbonyl (C=O) groups is 4. The van der Waals surface area contributed by atoms with Gasteiger partial charge in [0.15, 0.2) is 6.10 Å². The topological polar surface area (TPSA) is 218 Å². The molecule has 80 heavy (non-hydrogen) atoms. The van der Waals surface area contributed by atoms with E-state index in [2.05, 4.69) is 46.8 Å². The predicted octanol–water partition coefficient (Wildman–Crippen LogP) is 5.62. The van der Waals surface area contributed by atoms with E-state index in [0.29, 0.717) is 80.0 Å². The van der Waals surface area contributed by atoms with Gasteiger partial charge < -0.3 is 40.2 Å². The molecule has 0 radical (unpaired) electrons. The van der Waals surface area contributed by atoms with Gasteiger partial charge >= 0.3 is 31.1 Å². The Bertz CT molecular complexity index is 2900. The van der Waals surface area contributed by atoms with E-state index in [1.807, 2.05) is 16.1 Å². The van der Waals surface area contributed by atoms with Gasteiger partial charge in [0.1, 0.15) is 23.1 Å². The molecule has 29 heteroatoms. The number of fused-ring (bicyclic) bond motifs is 2. The third-order valence-electron chi connectivity index (χ3n) is 14.3. The first-order chi connectivity index (χ1) is 37.5. The monoisotopic (exact) mass is 1140 g/mol. The number of piperidine rings is 1. The molecule has 4 aromatic rings. The molecule has 2 aromatic heterocycles. The molecule has 0 spiro atoms. The van der Waals surface area contributed by atoms with Crippen molar-refractivity contribution in [3.63, 3.8) is 0 Å². The van der Waals surface area contributed by atoms with Crippen molar-refractivity contribution in [2.75, 3.05) is 51.9 Å². The van der Waals surface area contributed by atoms with Crippen molar-refractivity contribution in [3.8, 4) is 23.1 Å². The van der Waals surface area contributed by atoms with Crippen molar-refractivity contribution < 1.29 is 82.4 Å². The van der Waals surface area contributed by atoms with Crippen molar-refractivity contribution in [3.05, 3.63) is 94.9 Å². The smallest absolute Gasteiger partial charge is 0.407 e. The number of piperazine rings is 1. The molecule has 434 valence electrons.